The Balaban J connectivity index is 2.21. The fraction of sp³-hybridized carbons (Fsp3) is 0.462. The molecule has 3 N–H and O–H groups in total. The Bertz CT molecular complexity index is 660. The van der Waals surface area contributed by atoms with E-state index < -0.39 is 16.1 Å². The van der Waals surface area contributed by atoms with Crippen LogP contribution >= 0.6 is 11.6 Å². The fourth-order valence-corrected chi connectivity index (χ4v) is 3.80. The topological polar surface area (TPSA) is 95.5 Å². The van der Waals surface area contributed by atoms with Gasteiger partial charge in [-0.3, -0.25) is 4.79 Å². The molecule has 1 atom stereocenters. The van der Waals surface area contributed by atoms with Crippen molar-refractivity contribution in [1.29, 1.82) is 0 Å². The van der Waals surface area contributed by atoms with E-state index in [9.17, 15) is 18.3 Å². The molecule has 1 unspecified atom stereocenters. The molecular weight excluding hydrogens is 316 g/mol. The Kier molecular flexibility index (Phi) is 4.88. The summed E-state index contributed by atoms with van der Waals surface area (Å²) in [5.41, 5.74) is 1.13. The molecule has 0 aromatic heterocycles. The maximum atomic E-state index is 12.2. The first-order chi connectivity index (χ1) is 9.83. The number of hydrogen-bond donors (Lipinski definition) is 3. The van der Waals surface area contributed by atoms with E-state index in [1.807, 2.05) is 6.92 Å². The van der Waals surface area contributed by atoms with Gasteiger partial charge in [0.05, 0.1) is 17.5 Å². The first-order valence-electron chi connectivity index (χ1n) is 6.63. The molecule has 0 spiro atoms. The second-order valence-electron chi connectivity index (χ2n) is 4.96. The lowest BCUT2D eigenvalue weighted by molar-refractivity contribution is -0.115. The molecule has 1 aliphatic rings. The van der Waals surface area contributed by atoms with E-state index >= 15 is 0 Å². The number of halogens is 1. The predicted molar refractivity (Wildman–Crippen MR) is 79.9 cm³/mol. The minimum atomic E-state index is -3.82. The Morgan fingerprint density at radius 1 is 1.48 bits per heavy atom. The van der Waals surface area contributed by atoms with Gasteiger partial charge < -0.3 is 10.4 Å². The lowest BCUT2D eigenvalue weighted by Crippen LogP contribution is -2.32. The summed E-state index contributed by atoms with van der Waals surface area (Å²) >= 11 is 5.98. The molecule has 0 fully saturated rings. The van der Waals surface area contributed by atoms with Crippen LogP contribution < -0.4 is 10.0 Å². The summed E-state index contributed by atoms with van der Waals surface area (Å²) in [4.78, 5) is 11.2. The van der Waals surface area contributed by atoms with Crippen LogP contribution in [0.2, 0.25) is 5.02 Å². The maximum Gasteiger partial charge on any atom is 0.242 e. The largest absolute Gasteiger partial charge is 0.392 e. The van der Waals surface area contributed by atoms with Gasteiger partial charge in [0.15, 0.2) is 0 Å². The minimum Gasteiger partial charge on any atom is -0.392 e. The van der Waals surface area contributed by atoms with Crippen molar-refractivity contribution >= 4 is 33.2 Å². The van der Waals surface area contributed by atoms with Crippen LogP contribution in [0.3, 0.4) is 0 Å². The molecule has 0 saturated carbocycles. The van der Waals surface area contributed by atoms with Crippen LogP contribution in [0.5, 0.6) is 0 Å². The first-order valence-corrected chi connectivity index (χ1v) is 8.49. The fourth-order valence-electron chi connectivity index (χ4n) is 2.15. The second kappa shape index (κ2) is 6.31. The Morgan fingerprint density at radius 2 is 2.19 bits per heavy atom. The third kappa shape index (κ3) is 3.74. The van der Waals surface area contributed by atoms with Crippen molar-refractivity contribution in [3.63, 3.8) is 0 Å². The molecule has 1 amide bonds. The molecule has 1 aromatic rings. The number of aliphatic hydroxyl groups is 1. The molecule has 0 bridgehead atoms. The number of rotatable bonds is 6. The normalized spacial score (nSPS) is 15.7. The number of anilines is 1. The number of carbonyl (C=O) groups is 1. The van der Waals surface area contributed by atoms with Gasteiger partial charge in [0.25, 0.3) is 0 Å². The molecule has 8 heteroatoms. The van der Waals surface area contributed by atoms with Crippen molar-refractivity contribution in [1.82, 2.24) is 4.72 Å². The van der Waals surface area contributed by atoms with Crippen LogP contribution in [0.4, 0.5) is 5.69 Å². The van der Waals surface area contributed by atoms with E-state index in [-0.39, 0.29) is 28.8 Å². The monoisotopic (exact) mass is 332 g/mol. The van der Waals surface area contributed by atoms with Crippen molar-refractivity contribution in [3.05, 3.63) is 22.7 Å². The standard InChI is InChI=1S/C13H17ClN2O4S/c1-2-3-9(17)7-15-21(19,20)12-4-8-5-13(18)16-11(8)6-10(12)14/h4,6,9,15,17H,2-3,5,7H2,1H3,(H,16,18). The summed E-state index contributed by atoms with van der Waals surface area (Å²) in [6.45, 7) is 1.83. The summed E-state index contributed by atoms with van der Waals surface area (Å²) in [7, 11) is -3.82. The quantitative estimate of drug-likeness (QED) is 0.731. The average molecular weight is 333 g/mol. The highest BCUT2D eigenvalue weighted by Gasteiger charge is 2.25. The Hall–Kier alpha value is -1.15. The highest BCUT2D eigenvalue weighted by molar-refractivity contribution is 7.89. The first kappa shape index (κ1) is 16.2. The van der Waals surface area contributed by atoms with Crippen molar-refractivity contribution in [2.24, 2.45) is 0 Å². The molecule has 6 nitrogen and oxygen atoms in total. The van der Waals surface area contributed by atoms with Gasteiger partial charge >= 0.3 is 0 Å². The van der Waals surface area contributed by atoms with E-state index in [2.05, 4.69) is 10.0 Å². The number of sulfonamides is 1. The summed E-state index contributed by atoms with van der Waals surface area (Å²) in [5.74, 6) is -0.193. The number of aliphatic hydroxyl groups excluding tert-OH is 1. The van der Waals surface area contributed by atoms with Gasteiger partial charge in [0.1, 0.15) is 4.90 Å². The van der Waals surface area contributed by atoms with Crippen LogP contribution in [0.25, 0.3) is 0 Å². The lowest BCUT2D eigenvalue weighted by atomic mass is 10.2. The van der Waals surface area contributed by atoms with Crippen LogP contribution in [0.1, 0.15) is 25.3 Å². The predicted octanol–water partition coefficient (Wildman–Crippen LogP) is 1.27. The Morgan fingerprint density at radius 3 is 2.86 bits per heavy atom. The zero-order valence-electron chi connectivity index (χ0n) is 11.5. The number of fused-ring (bicyclic) bond motifs is 1. The summed E-state index contributed by atoms with van der Waals surface area (Å²) in [5, 5.41) is 12.2. The van der Waals surface area contributed by atoms with Gasteiger partial charge in [0, 0.05) is 12.2 Å². The molecule has 1 heterocycles. The van der Waals surface area contributed by atoms with Gasteiger partial charge in [-0.05, 0) is 24.1 Å². The van der Waals surface area contributed by atoms with Crippen molar-refractivity contribution < 1.29 is 18.3 Å². The van der Waals surface area contributed by atoms with Crippen molar-refractivity contribution in [3.8, 4) is 0 Å². The van der Waals surface area contributed by atoms with E-state index in [1.165, 1.54) is 12.1 Å². The second-order valence-corrected chi connectivity index (χ2v) is 7.10. The van der Waals surface area contributed by atoms with Crippen LogP contribution in [0.15, 0.2) is 17.0 Å². The molecule has 0 saturated heterocycles. The SMILES string of the molecule is CCCC(O)CNS(=O)(=O)c1cc2c(cc1Cl)NC(=O)C2. The molecule has 0 radical (unpaired) electrons. The number of carbonyl (C=O) groups excluding carboxylic acids is 1. The summed E-state index contributed by atoms with van der Waals surface area (Å²) in [6, 6.07) is 2.82. The smallest absolute Gasteiger partial charge is 0.242 e. The molecule has 1 aliphatic heterocycles. The van der Waals surface area contributed by atoms with E-state index in [1.54, 1.807) is 0 Å². The third-order valence-corrected chi connectivity index (χ3v) is 5.09. The Labute approximate surface area is 128 Å². The highest BCUT2D eigenvalue weighted by atomic mass is 35.5. The average Bonchev–Trinajstić information content (AvgIpc) is 2.75. The number of nitrogens with one attached hydrogen (secondary N) is 2. The van der Waals surface area contributed by atoms with Gasteiger partial charge in [-0.25, -0.2) is 13.1 Å². The van der Waals surface area contributed by atoms with Crippen LogP contribution in [0, 0.1) is 0 Å². The number of amides is 1. The molecule has 21 heavy (non-hydrogen) atoms. The van der Waals surface area contributed by atoms with Gasteiger partial charge in [-0.1, -0.05) is 24.9 Å². The van der Waals surface area contributed by atoms with E-state index in [0.717, 1.165) is 6.42 Å². The molecule has 1 aromatic carbocycles. The van der Waals surface area contributed by atoms with Crippen LogP contribution in [-0.2, 0) is 21.2 Å². The molecule has 0 aliphatic carbocycles. The highest BCUT2D eigenvalue weighted by Crippen LogP contribution is 2.32. The lowest BCUT2D eigenvalue weighted by Gasteiger charge is -2.13. The van der Waals surface area contributed by atoms with Crippen LogP contribution in [-0.4, -0.2) is 32.1 Å². The summed E-state index contributed by atoms with van der Waals surface area (Å²) in [6.07, 6.45) is 0.670. The van der Waals surface area contributed by atoms with E-state index in [0.29, 0.717) is 17.7 Å². The van der Waals surface area contributed by atoms with Gasteiger partial charge in [-0.2, -0.15) is 0 Å². The molecule has 2 rings (SSSR count). The van der Waals surface area contributed by atoms with Gasteiger partial charge in [-0.15, -0.1) is 0 Å². The molecular formula is C13H17ClN2O4S. The number of hydrogen-bond acceptors (Lipinski definition) is 4. The van der Waals surface area contributed by atoms with Crippen molar-refractivity contribution in [2.75, 3.05) is 11.9 Å². The van der Waals surface area contributed by atoms with Crippen molar-refractivity contribution in [2.45, 2.75) is 37.2 Å². The summed E-state index contributed by atoms with van der Waals surface area (Å²) < 4.78 is 26.8. The zero-order chi connectivity index (χ0) is 15.6. The van der Waals surface area contributed by atoms with E-state index in [4.69, 9.17) is 11.6 Å². The minimum absolute atomic E-state index is 0.0356. The third-order valence-electron chi connectivity index (χ3n) is 3.20. The van der Waals surface area contributed by atoms with Gasteiger partial charge in [0.2, 0.25) is 15.9 Å². The number of benzene rings is 1. The zero-order valence-corrected chi connectivity index (χ0v) is 13.1. The molecule has 116 valence electrons. The maximum absolute atomic E-state index is 12.2.